The van der Waals surface area contributed by atoms with Crippen molar-refractivity contribution in [2.45, 2.75) is 12.5 Å². The number of rotatable bonds is 7. The second kappa shape index (κ2) is 9.61. The Morgan fingerprint density at radius 3 is 2.33 bits per heavy atom. The summed E-state index contributed by atoms with van der Waals surface area (Å²) in [7, 11) is 1.50. The molecule has 6 nitrogen and oxygen atoms in total. The first-order valence-corrected chi connectivity index (χ1v) is 9.73. The molecule has 0 fully saturated rings. The predicted molar refractivity (Wildman–Crippen MR) is 115 cm³/mol. The van der Waals surface area contributed by atoms with Gasteiger partial charge in [0.2, 0.25) is 0 Å². The highest BCUT2D eigenvalue weighted by atomic mass is 35.5. The molecule has 3 rings (SSSR count). The smallest absolute Gasteiger partial charge is 0.305 e. The molecule has 154 valence electrons. The quantitative estimate of drug-likeness (QED) is 0.534. The topological polar surface area (TPSA) is 88.5 Å². The molecular weight excluding hydrogens is 427 g/mol. The highest BCUT2D eigenvalue weighted by Gasteiger charge is 2.23. The van der Waals surface area contributed by atoms with Gasteiger partial charge in [-0.15, -0.1) is 0 Å². The lowest BCUT2D eigenvalue weighted by molar-refractivity contribution is -0.137. The molecule has 30 heavy (non-hydrogen) atoms. The van der Waals surface area contributed by atoms with E-state index in [1.165, 1.54) is 13.2 Å². The largest absolute Gasteiger partial charge is 0.494 e. The lowest BCUT2D eigenvalue weighted by Crippen LogP contribution is -2.31. The Morgan fingerprint density at radius 2 is 1.70 bits per heavy atom. The fraction of sp³-hybridized carbons (Fsp3) is 0.136. The van der Waals surface area contributed by atoms with Crippen LogP contribution in [0.2, 0.25) is 10.0 Å². The minimum atomic E-state index is -1.07. The van der Waals surface area contributed by atoms with Gasteiger partial charge < -0.3 is 15.2 Å². The van der Waals surface area contributed by atoms with Crippen LogP contribution >= 0.6 is 23.2 Å². The van der Waals surface area contributed by atoms with Gasteiger partial charge in [0.15, 0.2) is 0 Å². The second-order valence-corrected chi connectivity index (χ2v) is 7.19. The minimum Gasteiger partial charge on any atom is -0.494 e. The molecular formula is C22H18Cl2N2O4. The number of carboxylic acids is 1. The van der Waals surface area contributed by atoms with Gasteiger partial charge in [-0.2, -0.15) is 0 Å². The molecule has 0 radical (unpaired) electrons. The summed E-state index contributed by atoms with van der Waals surface area (Å²) in [5.41, 5.74) is 1.62. The van der Waals surface area contributed by atoms with E-state index >= 15 is 0 Å². The maximum atomic E-state index is 12.9. The minimum absolute atomic E-state index is 0.0909. The van der Waals surface area contributed by atoms with E-state index < -0.39 is 17.9 Å². The van der Waals surface area contributed by atoms with E-state index in [1.54, 1.807) is 54.6 Å². The van der Waals surface area contributed by atoms with E-state index in [9.17, 15) is 14.7 Å². The molecule has 0 aliphatic rings. The molecule has 1 atom stereocenters. The number of hydrogen-bond acceptors (Lipinski definition) is 4. The molecule has 1 heterocycles. The van der Waals surface area contributed by atoms with Crippen LogP contribution in [0.3, 0.4) is 0 Å². The first-order valence-electron chi connectivity index (χ1n) is 8.97. The number of methoxy groups -OCH3 is 1. The summed E-state index contributed by atoms with van der Waals surface area (Å²) >= 11 is 12.5. The van der Waals surface area contributed by atoms with Crippen LogP contribution in [0.1, 0.15) is 28.5 Å². The number of nitrogens with zero attached hydrogens (tertiary/aromatic N) is 1. The van der Waals surface area contributed by atoms with Crippen molar-refractivity contribution in [3.8, 4) is 17.0 Å². The predicted octanol–water partition coefficient (Wildman–Crippen LogP) is 5.01. The fourth-order valence-corrected chi connectivity index (χ4v) is 3.48. The van der Waals surface area contributed by atoms with Crippen LogP contribution in [-0.2, 0) is 4.79 Å². The third kappa shape index (κ3) is 4.90. The first kappa shape index (κ1) is 21.6. The number of carbonyl (C=O) groups excluding carboxylic acids is 1. The van der Waals surface area contributed by atoms with E-state index in [2.05, 4.69) is 10.3 Å². The molecule has 0 saturated heterocycles. The molecule has 0 unspecified atom stereocenters. The highest BCUT2D eigenvalue weighted by Crippen LogP contribution is 2.33. The van der Waals surface area contributed by atoms with Gasteiger partial charge in [0, 0.05) is 10.6 Å². The number of carbonyl (C=O) groups is 2. The molecule has 2 N–H and O–H groups in total. The second-order valence-electron chi connectivity index (χ2n) is 6.37. The van der Waals surface area contributed by atoms with Gasteiger partial charge in [0.05, 0.1) is 24.6 Å². The molecule has 0 spiro atoms. The summed E-state index contributed by atoms with van der Waals surface area (Å²) < 4.78 is 5.36. The van der Waals surface area contributed by atoms with E-state index in [0.29, 0.717) is 32.6 Å². The number of hydrogen-bond donors (Lipinski definition) is 2. The molecule has 3 aromatic rings. The van der Waals surface area contributed by atoms with Gasteiger partial charge >= 0.3 is 5.97 Å². The molecule has 0 aliphatic carbocycles. The summed E-state index contributed by atoms with van der Waals surface area (Å²) in [6, 6.07) is 16.1. The van der Waals surface area contributed by atoms with E-state index in [4.69, 9.17) is 27.9 Å². The van der Waals surface area contributed by atoms with Crippen molar-refractivity contribution in [2.24, 2.45) is 0 Å². The zero-order valence-corrected chi connectivity index (χ0v) is 17.4. The molecule has 8 heteroatoms. The van der Waals surface area contributed by atoms with Crippen LogP contribution in [0.15, 0.2) is 60.7 Å². The molecule has 1 aromatic heterocycles. The van der Waals surface area contributed by atoms with Crippen molar-refractivity contribution < 1.29 is 19.4 Å². The Balaban J connectivity index is 1.96. The molecule has 2 aromatic carbocycles. The number of aliphatic carboxylic acids is 1. The van der Waals surface area contributed by atoms with Gasteiger partial charge in [-0.05, 0) is 29.8 Å². The van der Waals surface area contributed by atoms with Gasteiger partial charge in [-0.3, -0.25) is 9.59 Å². The highest BCUT2D eigenvalue weighted by molar-refractivity contribution is 6.33. The van der Waals surface area contributed by atoms with Crippen LogP contribution in [0, 0.1) is 0 Å². The Hall–Kier alpha value is -3.09. The van der Waals surface area contributed by atoms with E-state index in [0.717, 1.165) is 0 Å². The van der Waals surface area contributed by atoms with Gasteiger partial charge in [0.1, 0.15) is 17.1 Å². The number of benzene rings is 2. The van der Waals surface area contributed by atoms with Crippen molar-refractivity contribution in [3.05, 3.63) is 82.0 Å². The molecule has 0 bridgehead atoms. The first-order chi connectivity index (χ1) is 14.4. The fourth-order valence-electron chi connectivity index (χ4n) is 2.99. The number of ether oxygens (including phenoxy) is 1. The Bertz CT molecular complexity index is 1090. The van der Waals surface area contributed by atoms with Crippen LogP contribution in [-0.4, -0.2) is 29.1 Å². The lowest BCUT2D eigenvalue weighted by Gasteiger charge is -2.19. The van der Waals surface area contributed by atoms with Crippen LogP contribution in [0.4, 0.5) is 0 Å². The molecule has 0 aliphatic heterocycles. The van der Waals surface area contributed by atoms with Crippen LogP contribution in [0.25, 0.3) is 11.3 Å². The van der Waals surface area contributed by atoms with Crippen molar-refractivity contribution in [3.63, 3.8) is 0 Å². The summed E-state index contributed by atoms with van der Waals surface area (Å²) in [5, 5.41) is 12.8. The van der Waals surface area contributed by atoms with Gasteiger partial charge in [-0.25, -0.2) is 4.98 Å². The summed E-state index contributed by atoms with van der Waals surface area (Å²) in [6.07, 6.45) is -0.330. The Kier molecular flexibility index (Phi) is 6.92. The SMILES string of the molecule is COc1ccc(C(=O)N[C@@H](CC(=O)O)c2ccccc2Cl)nc1-c1ccccc1Cl. The number of pyridine rings is 1. The van der Waals surface area contributed by atoms with Gasteiger partial charge in [0.25, 0.3) is 5.91 Å². The van der Waals surface area contributed by atoms with Crippen molar-refractivity contribution in [1.82, 2.24) is 10.3 Å². The van der Waals surface area contributed by atoms with E-state index in [-0.39, 0.29) is 12.1 Å². The van der Waals surface area contributed by atoms with Crippen molar-refractivity contribution >= 4 is 35.1 Å². The van der Waals surface area contributed by atoms with Crippen molar-refractivity contribution in [2.75, 3.05) is 7.11 Å². The maximum Gasteiger partial charge on any atom is 0.305 e. The lowest BCUT2D eigenvalue weighted by atomic mass is 10.0. The van der Waals surface area contributed by atoms with Crippen molar-refractivity contribution in [1.29, 1.82) is 0 Å². The standard InChI is InChI=1S/C22H18Cl2N2O4/c1-30-19-11-10-17(25-21(19)14-7-3-5-9-16(14)24)22(29)26-18(12-20(27)28)13-6-2-4-8-15(13)23/h2-11,18H,12H2,1H3,(H,26,29)(H,27,28)/t18-/m0/s1. The number of halogens is 2. The molecule has 1 amide bonds. The third-order valence-corrected chi connectivity index (χ3v) is 5.08. The molecule has 0 saturated carbocycles. The summed E-state index contributed by atoms with van der Waals surface area (Å²) in [5.74, 6) is -1.16. The number of carboxylic acid groups (broad SMARTS) is 1. The third-order valence-electron chi connectivity index (χ3n) is 4.40. The number of amides is 1. The number of aromatic nitrogens is 1. The normalized spacial score (nSPS) is 11.6. The average Bonchev–Trinajstić information content (AvgIpc) is 2.73. The van der Waals surface area contributed by atoms with E-state index in [1.807, 2.05) is 0 Å². The summed E-state index contributed by atoms with van der Waals surface area (Å²) in [4.78, 5) is 28.7. The maximum absolute atomic E-state index is 12.9. The zero-order chi connectivity index (χ0) is 21.7. The van der Waals surface area contributed by atoms with Gasteiger partial charge in [-0.1, -0.05) is 59.6 Å². The number of nitrogens with one attached hydrogen (secondary N) is 1. The average molecular weight is 445 g/mol. The van der Waals surface area contributed by atoms with Crippen LogP contribution in [0.5, 0.6) is 5.75 Å². The monoisotopic (exact) mass is 444 g/mol. The zero-order valence-electron chi connectivity index (χ0n) is 15.9. The van der Waals surface area contributed by atoms with Crippen LogP contribution < -0.4 is 10.1 Å². The summed E-state index contributed by atoms with van der Waals surface area (Å²) in [6.45, 7) is 0. The Morgan fingerprint density at radius 1 is 1.03 bits per heavy atom. The Labute approximate surface area is 183 Å².